The Morgan fingerprint density at radius 3 is 2.04 bits per heavy atom. The number of nitrogens with one attached hydrogen (secondary N) is 2. The second kappa shape index (κ2) is 27.3. The summed E-state index contributed by atoms with van der Waals surface area (Å²) in [6.45, 7) is 2.06. The fraction of sp³-hybridized carbons (Fsp3) is 0.829. The molecule has 4 N–H and O–H groups in total. The van der Waals surface area contributed by atoms with E-state index in [9.17, 15) is 33.7 Å². The van der Waals surface area contributed by atoms with Gasteiger partial charge in [-0.15, -0.1) is 0 Å². The van der Waals surface area contributed by atoms with E-state index in [2.05, 4.69) is 17.2 Å². The van der Waals surface area contributed by atoms with E-state index in [1.165, 1.54) is 83.2 Å². The van der Waals surface area contributed by atoms with Crippen LogP contribution in [0.1, 0.15) is 142 Å². The molecule has 0 bridgehead atoms. The molecule has 1 amide bonds. The number of esters is 1. The maximum Gasteiger partial charge on any atom is 0.330 e. The molecule has 288 valence electrons. The number of aliphatic hydroxyl groups excluding tert-OH is 1. The molecule has 50 heavy (non-hydrogen) atoms. The molecule has 5 atom stereocenters. The summed E-state index contributed by atoms with van der Waals surface area (Å²) in [6.07, 6.45) is 19.0. The average molecular weight is 732 g/mol. The summed E-state index contributed by atoms with van der Waals surface area (Å²) in [7, 11) is -3.42. The Kier molecular flexibility index (Phi) is 23.9. The molecular formula is C35H62N3O11P. The molecule has 0 saturated carbocycles. The summed E-state index contributed by atoms with van der Waals surface area (Å²) in [6, 6.07) is 1.13. The summed E-state index contributed by atoms with van der Waals surface area (Å²) < 4.78 is 34.4. The van der Waals surface area contributed by atoms with Crippen LogP contribution < -0.4 is 16.6 Å². The topological polar surface area (TPSA) is 195 Å². The predicted octanol–water partition coefficient (Wildman–Crippen LogP) is 5.06. The lowest BCUT2D eigenvalue weighted by molar-refractivity contribution is -0.148. The monoisotopic (exact) mass is 731 g/mol. The van der Waals surface area contributed by atoms with Gasteiger partial charge in [0.15, 0.2) is 12.8 Å². The maximum absolute atomic E-state index is 12.3. The summed E-state index contributed by atoms with van der Waals surface area (Å²) in [5.41, 5.74) is -1.36. The van der Waals surface area contributed by atoms with Crippen LogP contribution in [0.5, 0.6) is 0 Å². The van der Waals surface area contributed by atoms with Crippen molar-refractivity contribution in [2.24, 2.45) is 0 Å². The van der Waals surface area contributed by atoms with Gasteiger partial charge in [0, 0.05) is 31.8 Å². The maximum atomic E-state index is 12.3. The zero-order valence-electron chi connectivity index (χ0n) is 30.0. The SMILES string of the molecule is CCCCCCCCCCCCCCCCCC(=O)OCC(=O)NCCCCCCOC1C(O[PH](=O)O)[C@@H](CO)O[C@H]1n1ccc(=O)[nH]c1=O. The molecule has 0 radical (unpaired) electrons. The Morgan fingerprint density at radius 1 is 0.880 bits per heavy atom. The highest BCUT2D eigenvalue weighted by Gasteiger charge is 2.48. The van der Waals surface area contributed by atoms with Crippen molar-refractivity contribution in [2.75, 3.05) is 26.4 Å². The largest absolute Gasteiger partial charge is 0.456 e. The van der Waals surface area contributed by atoms with Gasteiger partial charge < -0.3 is 34.1 Å². The number of amides is 1. The highest BCUT2D eigenvalue weighted by molar-refractivity contribution is 7.32. The van der Waals surface area contributed by atoms with Gasteiger partial charge in [0.2, 0.25) is 0 Å². The van der Waals surface area contributed by atoms with Crippen LogP contribution in [-0.4, -0.2) is 76.1 Å². The molecular weight excluding hydrogens is 669 g/mol. The third-order valence-electron chi connectivity index (χ3n) is 8.88. The van der Waals surface area contributed by atoms with Crippen LogP contribution in [0.3, 0.4) is 0 Å². The zero-order valence-corrected chi connectivity index (χ0v) is 31.0. The van der Waals surface area contributed by atoms with Crippen LogP contribution in [-0.2, 0) is 32.9 Å². The Balaban J connectivity index is 1.48. The first-order chi connectivity index (χ1) is 24.3. The predicted molar refractivity (Wildman–Crippen MR) is 190 cm³/mol. The average Bonchev–Trinajstić information content (AvgIpc) is 3.42. The van der Waals surface area contributed by atoms with Crippen molar-refractivity contribution in [1.82, 2.24) is 14.9 Å². The quantitative estimate of drug-likeness (QED) is 0.0469. The molecule has 1 aliphatic rings. The minimum absolute atomic E-state index is 0.203. The Morgan fingerprint density at radius 2 is 1.46 bits per heavy atom. The number of aromatic nitrogens is 2. The lowest BCUT2D eigenvalue weighted by atomic mass is 10.0. The molecule has 14 nitrogen and oxygen atoms in total. The van der Waals surface area contributed by atoms with Crippen molar-refractivity contribution in [1.29, 1.82) is 0 Å². The molecule has 1 aromatic heterocycles. The van der Waals surface area contributed by atoms with Gasteiger partial charge in [-0.2, -0.15) is 0 Å². The van der Waals surface area contributed by atoms with Gasteiger partial charge >= 0.3 is 19.9 Å². The van der Waals surface area contributed by atoms with Gasteiger partial charge in [-0.3, -0.25) is 28.5 Å². The number of hydrogen-bond donors (Lipinski definition) is 4. The first-order valence-electron chi connectivity index (χ1n) is 18.8. The number of hydrogen-bond acceptors (Lipinski definition) is 10. The van der Waals surface area contributed by atoms with Gasteiger partial charge in [0.05, 0.1) is 6.61 Å². The number of carbonyl (C=O) groups excluding carboxylic acids is 2. The Hall–Kier alpha value is -2.35. The molecule has 2 heterocycles. The van der Waals surface area contributed by atoms with Crippen molar-refractivity contribution in [3.8, 4) is 0 Å². The molecule has 15 heteroatoms. The van der Waals surface area contributed by atoms with Crippen LogP contribution >= 0.6 is 8.25 Å². The number of aromatic amines is 1. The highest BCUT2D eigenvalue weighted by Crippen LogP contribution is 2.37. The fourth-order valence-corrected chi connectivity index (χ4v) is 6.60. The summed E-state index contributed by atoms with van der Waals surface area (Å²) >= 11 is 0. The molecule has 1 aromatic rings. The lowest BCUT2D eigenvalue weighted by Gasteiger charge is -2.24. The van der Waals surface area contributed by atoms with Crippen molar-refractivity contribution < 1.29 is 42.9 Å². The normalized spacial score (nSPS) is 19.4. The van der Waals surface area contributed by atoms with E-state index in [-0.39, 0.29) is 25.1 Å². The number of carbonyl (C=O) groups is 2. The number of H-pyrrole nitrogens is 1. The summed E-state index contributed by atoms with van der Waals surface area (Å²) in [5.74, 6) is -0.685. The van der Waals surface area contributed by atoms with Crippen LogP contribution in [0.4, 0.5) is 0 Å². The second-order valence-corrected chi connectivity index (χ2v) is 13.8. The van der Waals surface area contributed by atoms with Gasteiger partial charge in [-0.25, -0.2) is 4.79 Å². The number of rotatable bonds is 30. The third kappa shape index (κ3) is 18.8. The minimum Gasteiger partial charge on any atom is -0.456 e. The second-order valence-electron chi connectivity index (χ2n) is 13.1. The van der Waals surface area contributed by atoms with E-state index >= 15 is 0 Å². The van der Waals surface area contributed by atoms with Gasteiger partial charge in [0.25, 0.3) is 11.5 Å². The van der Waals surface area contributed by atoms with E-state index < -0.39 is 50.7 Å². The standard InChI is InChI=1S/C35H62N3O11P/c1-2-3-4-5-6-7-8-9-10-11-12-13-14-15-18-21-31(42)47-27-30(41)36-23-19-16-17-20-25-46-33-32(49-50(44)45)28(26-39)48-34(33)38-24-22-29(40)37-35(38)43/h22,24,28,32-34,39,50H,2-21,23,25-27H2,1H3,(H,36,41)(H,44,45)(H,37,40,43)/t28-,32?,33?,34-/m1/s1. The van der Waals surface area contributed by atoms with E-state index in [0.717, 1.165) is 42.7 Å². The smallest absolute Gasteiger partial charge is 0.330 e. The summed E-state index contributed by atoms with van der Waals surface area (Å²) in [4.78, 5) is 59.4. The zero-order chi connectivity index (χ0) is 36.4. The summed E-state index contributed by atoms with van der Waals surface area (Å²) in [5, 5.41) is 12.5. The Labute approximate surface area is 297 Å². The minimum atomic E-state index is -3.42. The van der Waals surface area contributed by atoms with Crippen molar-refractivity contribution in [3.05, 3.63) is 33.1 Å². The van der Waals surface area contributed by atoms with Crippen LogP contribution in [0.15, 0.2) is 21.9 Å². The third-order valence-corrected chi connectivity index (χ3v) is 9.35. The number of nitrogens with zero attached hydrogens (tertiary/aromatic N) is 1. The Bertz CT molecular complexity index is 1210. The van der Waals surface area contributed by atoms with Gasteiger partial charge in [0.1, 0.15) is 18.3 Å². The first-order valence-corrected chi connectivity index (χ1v) is 20.0. The molecule has 0 aromatic carbocycles. The number of unbranched alkanes of at least 4 members (excludes halogenated alkanes) is 17. The number of ether oxygens (including phenoxy) is 3. The van der Waals surface area contributed by atoms with Crippen molar-refractivity contribution in [2.45, 2.75) is 160 Å². The number of aliphatic hydroxyl groups is 1. The molecule has 3 unspecified atom stereocenters. The van der Waals surface area contributed by atoms with Crippen LogP contribution in [0.2, 0.25) is 0 Å². The van der Waals surface area contributed by atoms with E-state index in [4.69, 9.17) is 18.7 Å². The van der Waals surface area contributed by atoms with E-state index in [1.54, 1.807) is 0 Å². The molecule has 2 rings (SSSR count). The molecule has 0 spiro atoms. The first kappa shape index (κ1) is 43.8. The van der Waals surface area contributed by atoms with Crippen molar-refractivity contribution in [3.63, 3.8) is 0 Å². The van der Waals surface area contributed by atoms with Crippen LogP contribution in [0.25, 0.3) is 0 Å². The molecule has 1 saturated heterocycles. The fourth-order valence-electron chi connectivity index (χ4n) is 6.08. The molecule has 1 fully saturated rings. The van der Waals surface area contributed by atoms with Crippen LogP contribution in [0, 0.1) is 0 Å². The molecule has 1 aliphatic heterocycles. The van der Waals surface area contributed by atoms with E-state index in [1.807, 2.05) is 0 Å². The van der Waals surface area contributed by atoms with Gasteiger partial charge in [-0.1, -0.05) is 110 Å². The van der Waals surface area contributed by atoms with E-state index in [0.29, 0.717) is 25.8 Å². The highest BCUT2D eigenvalue weighted by atomic mass is 31.1. The van der Waals surface area contributed by atoms with Crippen molar-refractivity contribution >= 4 is 20.1 Å². The molecule has 0 aliphatic carbocycles. The van der Waals surface area contributed by atoms with Gasteiger partial charge in [-0.05, 0) is 19.3 Å². The lowest BCUT2D eigenvalue weighted by Crippen LogP contribution is -2.40.